The van der Waals surface area contributed by atoms with Crippen LogP contribution in [-0.4, -0.2) is 36.7 Å². The molecule has 0 spiro atoms. The van der Waals surface area contributed by atoms with Crippen molar-refractivity contribution >= 4 is 12.0 Å². The number of carbonyl (C=O) groups is 2. The number of rotatable bonds is 3. The van der Waals surface area contributed by atoms with Crippen LogP contribution in [0.15, 0.2) is 42.5 Å². The Kier molecular flexibility index (Phi) is 4.53. The molecule has 2 aliphatic heterocycles. The van der Waals surface area contributed by atoms with Crippen molar-refractivity contribution in [3.8, 4) is 0 Å². The molecule has 1 unspecified atom stereocenters. The summed E-state index contributed by atoms with van der Waals surface area (Å²) in [7, 11) is 0. The van der Waals surface area contributed by atoms with Gasteiger partial charge in [0.2, 0.25) is 0 Å². The minimum absolute atomic E-state index is 0.208. The van der Waals surface area contributed by atoms with Crippen LogP contribution in [0.3, 0.4) is 0 Å². The predicted molar refractivity (Wildman–Crippen MR) is 80.1 cm³/mol. The van der Waals surface area contributed by atoms with Crippen LogP contribution in [-0.2, 0) is 14.3 Å². The highest BCUT2D eigenvalue weighted by molar-refractivity contribution is 5.99. The Morgan fingerprint density at radius 1 is 1.18 bits per heavy atom. The summed E-state index contributed by atoms with van der Waals surface area (Å²) in [6, 6.07) is 9.13. The van der Waals surface area contributed by atoms with Crippen LogP contribution in [0.4, 0.5) is 4.79 Å². The average Bonchev–Trinajstić information content (AvgIpc) is 2.96. The van der Waals surface area contributed by atoms with Gasteiger partial charge < -0.3 is 9.47 Å². The van der Waals surface area contributed by atoms with Gasteiger partial charge in [-0.2, -0.15) is 0 Å². The lowest BCUT2D eigenvalue weighted by molar-refractivity contribution is -0.124. The van der Waals surface area contributed by atoms with Crippen LogP contribution < -0.4 is 0 Å². The molecule has 0 aromatic heterocycles. The standard InChI is InChI=1S/C17H19NO4/c19-16(7-6-13-8-10-21-11-9-13)18-15(12-22-17(18)20)14-4-2-1-3-5-14/h1-7,13,15H,8-12H2/b7-6+. The van der Waals surface area contributed by atoms with Gasteiger partial charge in [0.05, 0.1) is 0 Å². The molecule has 5 heteroatoms. The lowest BCUT2D eigenvalue weighted by Gasteiger charge is -2.20. The van der Waals surface area contributed by atoms with Crippen LogP contribution in [0.25, 0.3) is 0 Å². The summed E-state index contributed by atoms with van der Waals surface area (Å²) in [5, 5.41) is 0. The molecule has 0 N–H and O–H groups in total. The van der Waals surface area contributed by atoms with Crippen LogP contribution >= 0.6 is 0 Å². The van der Waals surface area contributed by atoms with E-state index < -0.39 is 6.09 Å². The van der Waals surface area contributed by atoms with Gasteiger partial charge in [-0.1, -0.05) is 36.4 Å². The minimum Gasteiger partial charge on any atom is -0.446 e. The molecular formula is C17H19NO4. The van der Waals surface area contributed by atoms with E-state index in [2.05, 4.69) is 0 Å². The third-order valence-corrected chi connectivity index (χ3v) is 4.07. The molecule has 3 rings (SSSR count). The van der Waals surface area contributed by atoms with E-state index in [1.165, 1.54) is 11.0 Å². The second kappa shape index (κ2) is 6.75. The van der Waals surface area contributed by atoms with Crippen molar-refractivity contribution in [3.05, 3.63) is 48.0 Å². The van der Waals surface area contributed by atoms with Crippen molar-refractivity contribution < 1.29 is 19.1 Å². The Bertz CT molecular complexity index is 563. The van der Waals surface area contributed by atoms with E-state index in [9.17, 15) is 9.59 Å². The quantitative estimate of drug-likeness (QED) is 0.805. The number of benzene rings is 1. The zero-order valence-corrected chi connectivity index (χ0v) is 12.3. The molecule has 2 amide bonds. The van der Waals surface area contributed by atoms with Gasteiger partial charge in [-0.05, 0) is 30.4 Å². The molecule has 1 atom stereocenters. The number of ether oxygens (including phenoxy) is 2. The summed E-state index contributed by atoms with van der Waals surface area (Å²) in [6.07, 6.45) is 4.64. The van der Waals surface area contributed by atoms with E-state index in [0.717, 1.165) is 31.6 Å². The summed E-state index contributed by atoms with van der Waals surface area (Å²) in [5.74, 6) is 0.0225. The summed E-state index contributed by atoms with van der Waals surface area (Å²) < 4.78 is 10.4. The first-order chi connectivity index (χ1) is 10.8. The van der Waals surface area contributed by atoms with Gasteiger partial charge in [-0.15, -0.1) is 0 Å². The maximum Gasteiger partial charge on any atom is 0.417 e. The van der Waals surface area contributed by atoms with Crippen LogP contribution in [0.1, 0.15) is 24.4 Å². The summed E-state index contributed by atoms with van der Waals surface area (Å²) in [6.45, 7) is 1.66. The van der Waals surface area contributed by atoms with Gasteiger partial charge in [-0.25, -0.2) is 9.69 Å². The van der Waals surface area contributed by atoms with E-state index in [1.807, 2.05) is 36.4 Å². The van der Waals surface area contributed by atoms with E-state index in [0.29, 0.717) is 5.92 Å². The maximum absolute atomic E-state index is 12.4. The number of nitrogens with zero attached hydrogens (tertiary/aromatic N) is 1. The molecule has 116 valence electrons. The highest BCUT2D eigenvalue weighted by Gasteiger charge is 2.37. The molecule has 0 bridgehead atoms. The van der Waals surface area contributed by atoms with Crippen molar-refractivity contribution in [2.24, 2.45) is 5.92 Å². The summed E-state index contributed by atoms with van der Waals surface area (Å²) >= 11 is 0. The first kappa shape index (κ1) is 14.8. The van der Waals surface area contributed by atoms with E-state index in [-0.39, 0.29) is 18.6 Å². The molecule has 1 aromatic rings. The largest absolute Gasteiger partial charge is 0.446 e. The molecule has 5 nitrogen and oxygen atoms in total. The molecule has 1 aromatic carbocycles. The Morgan fingerprint density at radius 2 is 1.91 bits per heavy atom. The fourth-order valence-corrected chi connectivity index (χ4v) is 2.79. The number of carbonyl (C=O) groups excluding carboxylic acids is 2. The van der Waals surface area contributed by atoms with Crippen molar-refractivity contribution in [3.63, 3.8) is 0 Å². The van der Waals surface area contributed by atoms with E-state index >= 15 is 0 Å². The second-order valence-corrected chi connectivity index (χ2v) is 5.52. The molecule has 0 radical (unpaired) electrons. The maximum atomic E-state index is 12.4. The monoisotopic (exact) mass is 301 g/mol. The minimum atomic E-state index is -0.574. The first-order valence-electron chi connectivity index (χ1n) is 7.56. The third-order valence-electron chi connectivity index (χ3n) is 4.07. The number of allylic oxidation sites excluding steroid dienone is 1. The molecule has 2 fully saturated rings. The predicted octanol–water partition coefficient (Wildman–Crippen LogP) is 2.69. The molecule has 2 saturated heterocycles. The number of imide groups is 1. The molecule has 2 heterocycles. The van der Waals surface area contributed by atoms with Gasteiger partial charge >= 0.3 is 6.09 Å². The number of cyclic esters (lactones) is 1. The Morgan fingerprint density at radius 3 is 2.64 bits per heavy atom. The van der Waals surface area contributed by atoms with Gasteiger partial charge in [0.1, 0.15) is 12.6 Å². The van der Waals surface area contributed by atoms with Crippen molar-refractivity contribution in [2.45, 2.75) is 18.9 Å². The fraction of sp³-hybridized carbons (Fsp3) is 0.412. The van der Waals surface area contributed by atoms with Crippen LogP contribution in [0.5, 0.6) is 0 Å². The van der Waals surface area contributed by atoms with E-state index in [4.69, 9.17) is 9.47 Å². The highest BCUT2D eigenvalue weighted by Crippen LogP contribution is 2.28. The van der Waals surface area contributed by atoms with Crippen molar-refractivity contribution in [2.75, 3.05) is 19.8 Å². The fourth-order valence-electron chi connectivity index (χ4n) is 2.79. The highest BCUT2D eigenvalue weighted by atomic mass is 16.6. The van der Waals surface area contributed by atoms with Crippen LogP contribution in [0, 0.1) is 5.92 Å². The first-order valence-corrected chi connectivity index (χ1v) is 7.56. The lowest BCUT2D eigenvalue weighted by Crippen LogP contribution is -2.33. The van der Waals surface area contributed by atoms with Gasteiger partial charge in [0, 0.05) is 13.2 Å². The van der Waals surface area contributed by atoms with Gasteiger partial charge in [-0.3, -0.25) is 4.79 Å². The number of hydrogen-bond acceptors (Lipinski definition) is 4. The van der Waals surface area contributed by atoms with Crippen LogP contribution in [0.2, 0.25) is 0 Å². The van der Waals surface area contributed by atoms with Crippen molar-refractivity contribution in [1.82, 2.24) is 4.90 Å². The third kappa shape index (κ3) is 3.20. The zero-order valence-electron chi connectivity index (χ0n) is 12.3. The summed E-state index contributed by atoms with van der Waals surface area (Å²) in [4.78, 5) is 25.5. The topological polar surface area (TPSA) is 55.8 Å². The molecule has 22 heavy (non-hydrogen) atoms. The molecule has 0 aliphatic carbocycles. The Labute approximate surface area is 129 Å². The van der Waals surface area contributed by atoms with Crippen molar-refractivity contribution in [1.29, 1.82) is 0 Å². The Balaban J connectivity index is 1.71. The van der Waals surface area contributed by atoms with Gasteiger partial charge in [0.15, 0.2) is 0 Å². The molecular weight excluding hydrogens is 282 g/mol. The smallest absolute Gasteiger partial charge is 0.417 e. The average molecular weight is 301 g/mol. The number of hydrogen-bond donors (Lipinski definition) is 0. The SMILES string of the molecule is O=C(/C=C/C1CCOCC1)N1C(=O)OCC1c1ccccc1. The second-order valence-electron chi connectivity index (χ2n) is 5.52. The molecule has 2 aliphatic rings. The van der Waals surface area contributed by atoms with Gasteiger partial charge in [0.25, 0.3) is 5.91 Å². The lowest BCUT2D eigenvalue weighted by atomic mass is 10.00. The Hall–Kier alpha value is -2.14. The normalized spacial score (nSPS) is 23.0. The van der Waals surface area contributed by atoms with E-state index in [1.54, 1.807) is 0 Å². The molecule has 0 saturated carbocycles. The summed E-state index contributed by atoms with van der Waals surface area (Å²) in [5.41, 5.74) is 0.904. The number of amides is 2. The zero-order chi connectivity index (χ0) is 15.4.